The van der Waals surface area contributed by atoms with Crippen molar-refractivity contribution in [1.29, 1.82) is 0 Å². The Bertz CT molecular complexity index is 465. The first kappa shape index (κ1) is 16.2. The van der Waals surface area contributed by atoms with Crippen LogP contribution in [0.15, 0.2) is 18.2 Å². The third-order valence-corrected chi connectivity index (χ3v) is 4.75. The van der Waals surface area contributed by atoms with Crippen LogP contribution in [0.4, 0.5) is 5.69 Å². The van der Waals surface area contributed by atoms with Crippen molar-refractivity contribution >= 4 is 5.69 Å². The van der Waals surface area contributed by atoms with Crippen LogP contribution >= 0.6 is 0 Å². The van der Waals surface area contributed by atoms with Gasteiger partial charge in [0.2, 0.25) is 0 Å². The monoisotopic (exact) mass is 290 g/mol. The minimum absolute atomic E-state index is 0.425. The minimum Gasteiger partial charge on any atom is -0.496 e. The van der Waals surface area contributed by atoms with Crippen LogP contribution in [0.5, 0.6) is 5.75 Å². The molecule has 1 atom stereocenters. The van der Waals surface area contributed by atoms with Gasteiger partial charge >= 0.3 is 0 Å². The van der Waals surface area contributed by atoms with Gasteiger partial charge in [0.05, 0.1) is 7.11 Å². The highest BCUT2D eigenvalue weighted by atomic mass is 16.5. The summed E-state index contributed by atoms with van der Waals surface area (Å²) in [6, 6.07) is 5.99. The van der Waals surface area contributed by atoms with Crippen LogP contribution in [0.2, 0.25) is 0 Å². The van der Waals surface area contributed by atoms with Gasteiger partial charge in [0.1, 0.15) is 5.75 Å². The molecule has 1 saturated heterocycles. The Morgan fingerprint density at radius 1 is 1.24 bits per heavy atom. The lowest BCUT2D eigenvalue weighted by Crippen LogP contribution is -2.26. The Kier molecular flexibility index (Phi) is 5.15. The van der Waals surface area contributed by atoms with Gasteiger partial charge in [-0.05, 0) is 49.8 Å². The van der Waals surface area contributed by atoms with Gasteiger partial charge in [0.25, 0.3) is 0 Å². The second kappa shape index (κ2) is 6.69. The van der Waals surface area contributed by atoms with Crippen LogP contribution in [0.3, 0.4) is 0 Å². The first-order valence-corrected chi connectivity index (χ1v) is 8.05. The number of hydrogen-bond acceptors (Lipinski definition) is 3. The Morgan fingerprint density at radius 3 is 2.67 bits per heavy atom. The molecule has 0 aliphatic carbocycles. The molecule has 2 N–H and O–H groups in total. The molecule has 2 rings (SSSR count). The number of nitrogens with zero attached hydrogens (tertiary/aromatic N) is 1. The van der Waals surface area contributed by atoms with Crippen molar-refractivity contribution in [1.82, 2.24) is 4.90 Å². The summed E-state index contributed by atoms with van der Waals surface area (Å²) < 4.78 is 5.47. The average Bonchev–Trinajstić information content (AvgIpc) is 2.66. The van der Waals surface area contributed by atoms with E-state index < -0.39 is 0 Å². The Labute approximate surface area is 129 Å². The average molecular weight is 290 g/mol. The number of nitrogen functional groups attached to an aromatic ring is 1. The van der Waals surface area contributed by atoms with Crippen molar-refractivity contribution in [3.63, 3.8) is 0 Å². The van der Waals surface area contributed by atoms with Crippen molar-refractivity contribution in [2.24, 2.45) is 11.3 Å². The molecular formula is C18H30N2O. The largest absolute Gasteiger partial charge is 0.496 e. The molecule has 0 bridgehead atoms. The number of anilines is 1. The van der Waals surface area contributed by atoms with Crippen LogP contribution in [0, 0.1) is 11.3 Å². The zero-order valence-electron chi connectivity index (χ0n) is 14.0. The molecule has 0 radical (unpaired) electrons. The zero-order chi connectivity index (χ0) is 15.5. The van der Waals surface area contributed by atoms with Crippen LogP contribution in [-0.2, 0) is 6.54 Å². The third-order valence-electron chi connectivity index (χ3n) is 4.75. The number of ether oxygens (including phenoxy) is 1. The fourth-order valence-corrected chi connectivity index (χ4v) is 3.31. The van der Waals surface area contributed by atoms with Gasteiger partial charge in [-0.3, -0.25) is 4.90 Å². The van der Waals surface area contributed by atoms with E-state index in [1.165, 1.54) is 37.9 Å². The van der Waals surface area contributed by atoms with Gasteiger partial charge in [-0.15, -0.1) is 0 Å². The first-order valence-electron chi connectivity index (χ1n) is 8.05. The predicted octanol–water partition coefficient (Wildman–Crippen LogP) is 3.93. The number of nitrogens with two attached hydrogens (primary N) is 1. The maximum Gasteiger partial charge on any atom is 0.125 e. The minimum atomic E-state index is 0.425. The van der Waals surface area contributed by atoms with E-state index in [2.05, 4.69) is 31.7 Å². The molecule has 0 aromatic heterocycles. The fourth-order valence-electron chi connectivity index (χ4n) is 3.31. The molecule has 1 fully saturated rings. The lowest BCUT2D eigenvalue weighted by Gasteiger charge is -2.29. The highest BCUT2D eigenvalue weighted by Crippen LogP contribution is 2.34. The Balaban J connectivity index is 2.01. The quantitative estimate of drug-likeness (QED) is 0.857. The third kappa shape index (κ3) is 4.37. The molecule has 1 aromatic carbocycles. The molecule has 0 saturated carbocycles. The number of likely N-dealkylation sites (tertiary alicyclic amines) is 1. The number of rotatable bonds is 3. The summed E-state index contributed by atoms with van der Waals surface area (Å²) in [5.41, 5.74) is 8.26. The summed E-state index contributed by atoms with van der Waals surface area (Å²) in [5, 5.41) is 0. The maximum atomic E-state index is 5.83. The van der Waals surface area contributed by atoms with Gasteiger partial charge in [-0.25, -0.2) is 0 Å². The maximum absolute atomic E-state index is 5.83. The Morgan fingerprint density at radius 2 is 2.00 bits per heavy atom. The molecular weight excluding hydrogens is 260 g/mol. The topological polar surface area (TPSA) is 38.5 Å². The SMILES string of the molecule is COc1cc(N)ccc1CN1CCCC(C(C)(C)C)CC1. The summed E-state index contributed by atoms with van der Waals surface area (Å²) in [6.07, 6.45) is 3.93. The number of methoxy groups -OCH3 is 1. The second-order valence-corrected chi connectivity index (χ2v) is 7.34. The van der Waals surface area contributed by atoms with Gasteiger partial charge < -0.3 is 10.5 Å². The lowest BCUT2D eigenvalue weighted by atomic mass is 9.77. The molecule has 3 nitrogen and oxygen atoms in total. The van der Waals surface area contributed by atoms with Crippen molar-refractivity contribution in [2.45, 2.75) is 46.6 Å². The normalized spacial score (nSPS) is 21.0. The summed E-state index contributed by atoms with van der Waals surface area (Å²) in [5.74, 6) is 1.74. The fraction of sp³-hybridized carbons (Fsp3) is 0.667. The van der Waals surface area contributed by atoms with E-state index in [0.717, 1.165) is 23.9 Å². The van der Waals surface area contributed by atoms with E-state index in [1.54, 1.807) is 7.11 Å². The van der Waals surface area contributed by atoms with E-state index in [4.69, 9.17) is 10.5 Å². The molecule has 1 aliphatic rings. The summed E-state index contributed by atoms with van der Waals surface area (Å²) >= 11 is 0. The van der Waals surface area contributed by atoms with Crippen LogP contribution in [0.25, 0.3) is 0 Å². The van der Waals surface area contributed by atoms with Gasteiger partial charge in [0.15, 0.2) is 0 Å². The molecule has 1 unspecified atom stereocenters. The highest BCUT2D eigenvalue weighted by molar-refractivity contribution is 5.48. The van der Waals surface area contributed by atoms with Crippen molar-refractivity contribution in [2.75, 3.05) is 25.9 Å². The molecule has 118 valence electrons. The number of benzene rings is 1. The van der Waals surface area contributed by atoms with Crippen molar-refractivity contribution in [3.05, 3.63) is 23.8 Å². The van der Waals surface area contributed by atoms with Gasteiger partial charge in [0, 0.05) is 23.9 Å². The first-order chi connectivity index (χ1) is 9.90. The summed E-state index contributed by atoms with van der Waals surface area (Å²) in [4.78, 5) is 2.56. The molecule has 1 aromatic rings. The standard InChI is InChI=1S/C18H30N2O/c1-18(2,3)15-6-5-10-20(11-9-15)13-14-7-8-16(19)12-17(14)21-4/h7-8,12,15H,5-6,9-11,13,19H2,1-4H3. The predicted molar refractivity (Wildman–Crippen MR) is 89.5 cm³/mol. The highest BCUT2D eigenvalue weighted by Gasteiger charge is 2.27. The molecule has 3 heteroatoms. The second-order valence-electron chi connectivity index (χ2n) is 7.34. The molecule has 0 amide bonds. The smallest absolute Gasteiger partial charge is 0.125 e. The van der Waals surface area contributed by atoms with E-state index in [9.17, 15) is 0 Å². The van der Waals surface area contributed by atoms with Gasteiger partial charge in [-0.2, -0.15) is 0 Å². The van der Waals surface area contributed by atoms with Crippen LogP contribution < -0.4 is 10.5 Å². The molecule has 1 heterocycles. The molecule has 1 aliphatic heterocycles. The summed E-state index contributed by atoms with van der Waals surface area (Å²) in [7, 11) is 1.72. The molecule has 0 spiro atoms. The van der Waals surface area contributed by atoms with Crippen LogP contribution in [0.1, 0.15) is 45.6 Å². The van der Waals surface area contributed by atoms with Crippen molar-refractivity contribution < 1.29 is 4.74 Å². The van der Waals surface area contributed by atoms with E-state index in [1.807, 2.05) is 12.1 Å². The summed E-state index contributed by atoms with van der Waals surface area (Å²) in [6.45, 7) is 10.4. The van der Waals surface area contributed by atoms with Crippen molar-refractivity contribution in [3.8, 4) is 5.75 Å². The van der Waals surface area contributed by atoms with Crippen LogP contribution in [-0.4, -0.2) is 25.1 Å². The Hall–Kier alpha value is -1.22. The lowest BCUT2D eigenvalue weighted by molar-refractivity contribution is 0.206. The van der Waals surface area contributed by atoms with E-state index in [-0.39, 0.29) is 0 Å². The number of hydrogen-bond donors (Lipinski definition) is 1. The van der Waals surface area contributed by atoms with E-state index in [0.29, 0.717) is 5.41 Å². The van der Waals surface area contributed by atoms with Gasteiger partial charge in [-0.1, -0.05) is 26.8 Å². The van der Waals surface area contributed by atoms with E-state index >= 15 is 0 Å². The molecule has 21 heavy (non-hydrogen) atoms. The zero-order valence-corrected chi connectivity index (χ0v) is 14.0.